The number of hydrogen-bond donors (Lipinski definition) is 0. The highest BCUT2D eigenvalue weighted by molar-refractivity contribution is 5.48. The van der Waals surface area contributed by atoms with Crippen molar-refractivity contribution in [1.29, 1.82) is 0 Å². The van der Waals surface area contributed by atoms with Crippen molar-refractivity contribution in [1.82, 2.24) is 24.7 Å². The summed E-state index contributed by atoms with van der Waals surface area (Å²) in [5.74, 6) is 2.60. The fourth-order valence-corrected chi connectivity index (χ4v) is 3.48. The molecule has 3 aromatic rings. The maximum Gasteiger partial charge on any atom is 0.178 e. The molecule has 5 rings (SSSR count). The molecular weight excluding hydrogens is 312 g/mol. The van der Waals surface area contributed by atoms with Gasteiger partial charge in [0.05, 0.1) is 0 Å². The van der Waals surface area contributed by atoms with Crippen LogP contribution in [0.15, 0.2) is 42.5 Å². The molecule has 0 amide bonds. The van der Waals surface area contributed by atoms with Gasteiger partial charge in [0.2, 0.25) is 0 Å². The number of hydrogen-bond acceptors (Lipinski definition) is 5. The SMILES string of the molecule is CN(Cc1ccccc1)C1CN(c2ccc3nnc(C4CC4)n3n2)C1. The van der Waals surface area contributed by atoms with E-state index < -0.39 is 0 Å². The standard InChI is InChI=1S/C19H22N6/c1-23(11-14-5-3-2-4-6-14)16-12-24(13-16)18-10-9-17-20-21-19(15-7-8-15)25(17)22-18/h2-6,9-10,15-16H,7-8,11-13H2,1H3. The summed E-state index contributed by atoms with van der Waals surface area (Å²) in [6, 6.07) is 15.3. The topological polar surface area (TPSA) is 49.6 Å². The van der Waals surface area contributed by atoms with E-state index in [0.717, 1.165) is 36.9 Å². The number of likely N-dealkylation sites (N-methyl/N-ethyl adjacent to an activating group) is 1. The van der Waals surface area contributed by atoms with Gasteiger partial charge in [-0.25, -0.2) is 0 Å². The third kappa shape index (κ3) is 2.76. The minimum Gasteiger partial charge on any atom is -0.352 e. The number of aromatic nitrogens is 4. The van der Waals surface area contributed by atoms with Crippen molar-refractivity contribution in [3.05, 3.63) is 53.9 Å². The number of anilines is 1. The monoisotopic (exact) mass is 334 g/mol. The molecule has 1 saturated heterocycles. The van der Waals surface area contributed by atoms with E-state index in [-0.39, 0.29) is 0 Å². The molecule has 2 fully saturated rings. The molecule has 1 aliphatic heterocycles. The van der Waals surface area contributed by atoms with Crippen LogP contribution in [0.4, 0.5) is 5.82 Å². The normalized spacial score (nSPS) is 18.1. The second kappa shape index (κ2) is 5.81. The maximum absolute atomic E-state index is 4.80. The average molecular weight is 334 g/mol. The number of benzene rings is 1. The molecule has 2 aromatic heterocycles. The van der Waals surface area contributed by atoms with Crippen LogP contribution in [0.3, 0.4) is 0 Å². The molecule has 0 bridgehead atoms. The van der Waals surface area contributed by atoms with Crippen LogP contribution in [0.1, 0.15) is 30.1 Å². The molecule has 0 atom stereocenters. The summed E-state index contributed by atoms with van der Waals surface area (Å²) in [5.41, 5.74) is 2.21. The average Bonchev–Trinajstić information content (AvgIpc) is 3.34. The largest absolute Gasteiger partial charge is 0.352 e. The van der Waals surface area contributed by atoms with Crippen LogP contribution in [0.5, 0.6) is 0 Å². The maximum atomic E-state index is 4.80. The van der Waals surface area contributed by atoms with E-state index in [4.69, 9.17) is 5.10 Å². The van der Waals surface area contributed by atoms with Gasteiger partial charge < -0.3 is 4.90 Å². The Labute approximate surface area is 147 Å². The van der Waals surface area contributed by atoms with Crippen molar-refractivity contribution in [2.45, 2.75) is 31.3 Å². The van der Waals surface area contributed by atoms with Gasteiger partial charge in [0, 0.05) is 31.6 Å². The first-order chi connectivity index (χ1) is 12.3. The van der Waals surface area contributed by atoms with Gasteiger partial charge in [0.1, 0.15) is 5.82 Å². The zero-order chi connectivity index (χ0) is 16.8. The van der Waals surface area contributed by atoms with E-state index >= 15 is 0 Å². The molecule has 1 aromatic carbocycles. The van der Waals surface area contributed by atoms with Crippen molar-refractivity contribution in [3.8, 4) is 0 Å². The molecule has 3 heterocycles. The van der Waals surface area contributed by atoms with E-state index in [1.807, 2.05) is 10.6 Å². The molecule has 0 unspecified atom stereocenters. The second-order valence-corrected chi connectivity index (χ2v) is 7.25. The lowest BCUT2D eigenvalue weighted by molar-refractivity contribution is 0.196. The molecule has 0 spiro atoms. The summed E-state index contributed by atoms with van der Waals surface area (Å²) in [6.45, 7) is 3.02. The highest BCUT2D eigenvalue weighted by atomic mass is 15.4. The molecule has 2 aliphatic rings. The molecule has 25 heavy (non-hydrogen) atoms. The zero-order valence-corrected chi connectivity index (χ0v) is 14.4. The van der Waals surface area contributed by atoms with Gasteiger partial charge in [-0.15, -0.1) is 15.3 Å². The quantitative estimate of drug-likeness (QED) is 0.717. The fourth-order valence-electron chi connectivity index (χ4n) is 3.48. The van der Waals surface area contributed by atoms with Crippen LogP contribution in [0.25, 0.3) is 5.65 Å². The smallest absolute Gasteiger partial charge is 0.178 e. The highest BCUT2D eigenvalue weighted by Gasteiger charge is 2.32. The summed E-state index contributed by atoms with van der Waals surface area (Å²) in [5, 5.41) is 13.3. The molecule has 128 valence electrons. The summed E-state index contributed by atoms with van der Waals surface area (Å²) < 4.78 is 1.94. The van der Waals surface area contributed by atoms with Crippen LogP contribution in [0, 0.1) is 0 Å². The van der Waals surface area contributed by atoms with E-state index in [0.29, 0.717) is 12.0 Å². The first-order valence-electron chi connectivity index (χ1n) is 8.99. The van der Waals surface area contributed by atoms with E-state index in [1.165, 1.54) is 18.4 Å². The Morgan fingerprint density at radius 1 is 1.04 bits per heavy atom. The van der Waals surface area contributed by atoms with E-state index in [9.17, 15) is 0 Å². The Bertz CT molecular complexity index is 879. The molecule has 1 aliphatic carbocycles. The third-order valence-corrected chi connectivity index (χ3v) is 5.30. The van der Waals surface area contributed by atoms with E-state index in [2.05, 4.69) is 63.4 Å². The first-order valence-corrected chi connectivity index (χ1v) is 8.99. The van der Waals surface area contributed by atoms with Crippen LogP contribution < -0.4 is 4.90 Å². The van der Waals surface area contributed by atoms with E-state index in [1.54, 1.807) is 0 Å². The van der Waals surface area contributed by atoms with Gasteiger partial charge in [0.15, 0.2) is 11.5 Å². The molecular formula is C19H22N6. The summed E-state index contributed by atoms with van der Waals surface area (Å²) in [6.07, 6.45) is 2.42. The van der Waals surface area contributed by atoms with Crippen molar-refractivity contribution >= 4 is 11.5 Å². The van der Waals surface area contributed by atoms with Crippen LogP contribution in [-0.2, 0) is 6.54 Å². The predicted molar refractivity (Wildman–Crippen MR) is 96.7 cm³/mol. The van der Waals surface area contributed by atoms with Crippen molar-refractivity contribution in [2.75, 3.05) is 25.0 Å². The van der Waals surface area contributed by atoms with Gasteiger partial charge in [-0.3, -0.25) is 4.90 Å². The third-order valence-electron chi connectivity index (χ3n) is 5.30. The van der Waals surface area contributed by atoms with Gasteiger partial charge >= 0.3 is 0 Å². The molecule has 6 heteroatoms. The second-order valence-electron chi connectivity index (χ2n) is 7.25. The Kier molecular flexibility index (Phi) is 3.45. The number of rotatable bonds is 5. The van der Waals surface area contributed by atoms with Crippen LogP contribution in [0.2, 0.25) is 0 Å². The van der Waals surface area contributed by atoms with Gasteiger partial charge in [0.25, 0.3) is 0 Å². The Hall–Kier alpha value is -2.47. The molecule has 0 N–H and O–H groups in total. The lowest BCUT2D eigenvalue weighted by Crippen LogP contribution is -2.58. The molecule has 0 radical (unpaired) electrons. The minimum absolute atomic E-state index is 0.555. The first kappa shape index (κ1) is 14.8. The lowest BCUT2D eigenvalue weighted by atomic mass is 10.1. The van der Waals surface area contributed by atoms with Crippen LogP contribution >= 0.6 is 0 Å². The van der Waals surface area contributed by atoms with Gasteiger partial charge in [-0.1, -0.05) is 30.3 Å². The number of fused-ring (bicyclic) bond motifs is 1. The molecule has 6 nitrogen and oxygen atoms in total. The van der Waals surface area contributed by atoms with Crippen molar-refractivity contribution in [3.63, 3.8) is 0 Å². The van der Waals surface area contributed by atoms with Crippen molar-refractivity contribution < 1.29 is 0 Å². The minimum atomic E-state index is 0.555. The Morgan fingerprint density at radius 2 is 1.84 bits per heavy atom. The number of nitrogens with zero attached hydrogens (tertiary/aromatic N) is 6. The Balaban J connectivity index is 1.27. The predicted octanol–water partition coefficient (Wildman–Crippen LogP) is 2.32. The van der Waals surface area contributed by atoms with Gasteiger partial charge in [-0.2, -0.15) is 4.52 Å². The fraction of sp³-hybridized carbons (Fsp3) is 0.421. The molecule has 1 saturated carbocycles. The highest BCUT2D eigenvalue weighted by Crippen LogP contribution is 2.38. The summed E-state index contributed by atoms with van der Waals surface area (Å²) >= 11 is 0. The Morgan fingerprint density at radius 3 is 2.60 bits per heavy atom. The van der Waals surface area contributed by atoms with Gasteiger partial charge in [-0.05, 0) is 37.6 Å². The summed E-state index contributed by atoms with van der Waals surface area (Å²) in [7, 11) is 2.20. The lowest BCUT2D eigenvalue weighted by Gasteiger charge is -2.44. The zero-order valence-electron chi connectivity index (χ0n) is 14.4. The van der Waals surface area contributed by atoms with Crippen LogP contribution in [-0.4, -0.2) is 50.9 Å². The summed E-state index contributed by atoms with van der Waals surface area (Å²) in [4.78, 5) is 4.76. The van der Waals surface area contributed by atoms with Crippen molar-refractivity contribution in [2.24, 2.45) is 0 Å².